The molecule has 0 bridgehead atoms. The Balaban J connectivity index is 3.64. The average Bonchev–Trinajstić information content (AvgIpc) is 2.45. The Labute approximate surface area is 148 Å². The minimum atomic E-state index is -0.0233. The van der Waals surface area contributed by atoms with Crippen LogP contribution in [0.4, 0.5) is 0 Å². The van der Waals surface area contributed by atoms with E-state index in [0.717, 1.165) is 36.3 Å². The Morgan fingerprint density at radius 2 is 1.58 bits per heavy atom. The summed E-state index contributed by atoms with van der Waals surface area (Å²) in [5.41, 5.74) is 4.48. The SMILES string of the molecule is CCCCOc1c(C(C)(C)C)cc(C(C)=CC#N)cc1C(C)(C)C. The average molecular weight is 328 g/mol. The van der Waals surface area contributed by atoms with E-state index in [1.165, 1.54) is 11.1 Å². The van der Waals surface area contributed by atoms with Gasteiger partial charge in [0.15, 0.2) is 0 Å². The van der Waals surface area contributed by atoms with Crippen LogP contribution in [0, 0.1) is 11.3 Å². The van der Waals surface area contributed by atoms with Gasteiger partial charge >= 0.3 is 0 Å². The second kappa shape index (κ2) is 7.88. The summed E-state index contributed by atoms with van der Waals surface area (Å²) in [7, 11) is 0. The predicted octanol–water partition coefficient (Wildman–Crippen LogP) is 6.39. The van der Waals surface area contributed by atoms with E-state index in [9.17, 15) is 0 Å². The van der Waals surface area contributed by atoms with Crippen LogP contribution in [0.3, 0.4) is 0 Å². The molecule has 0 spiro atoms. The summed E-state index contributed by atoms with van der Waals surface area (Å²) in [5, 5.41) is 9.00. The summed E-state index contributed by atoms with van der Waals surface area (Å²) in [6, 6.07) is 6.53. The molecule has 0 N–H and O–H groups in total. The highest BCUT2D eigenvalue weighted by atomic mass is 16.5. The highest BCUT2D eigenvalue weighted by Crippen LogP contribution is 2.42. The van der Waals surface area contributed by atoms with Crippen molar-refractivity contribution < 1.29 is 4.74 Å². The van der Waals surface area contributed by atoms with Gasteiger partial charge in [0.1, 0.15) is 5.75 Å². The number of hydrogen-bond acceptors (Lipinski definition) is 2. The Morgan fingerprint density at radius 3 is 1.96 bits per heavy atom. The van der Waals surface area contributed by atoms with E-state index in [1.807, 2.05) is 6.92 Å². The first-order chi connectivity index (χ1) is 11.0. The maximum atomic E-state index is 9.00. The minimum Gasteiger partial charge on any atom is -0.493 e. The van der Waals surface area contributed by atoms with Gasteiger partial charge < -0.3 is 4.74 Å². The molecule has 0 aliphatic carbocycles. The van der Waals surface area contributed by atoms with E-state index in [-0.39, 0.29) is 10.8 Å². The zero-order valence-corrected chi connectivity index (χ0v) is 16.7. The first kappa shape index (κ1) is 20.3. The minimum absolute atomic E-state index is 0.0233. The van der Waals surface area contributed by atoms with Crippen LogP contribution in [0.1, 0.15) is 84.9 Å². The maximum Gasteiger partial charge on any atom is 0.126 e. The van der Waals surface area contributed by atoms with Crippen molar-refractivity contribution in [1.82, 2.24) is 0 Å². The van der Waals surface area contributed by atoms with Crippen LogP contribution in [0.2, 0.25) is 0 Å². The zero-order chi connectivity index (χ0) is 18.5. The number of benzene rings is 1. The number of hydrogen-bond donors (Lipinski definition) is 0. The molecule has 0 fully saturated rings. The van der Waals surface area contributed by atoms with Crippen molar-refractivity contribution >= 4 is 5.57 Å². The third-order valence-electron chi connectivity index (χ3n) is 4.19. The van der Waals surface area contributed by atoms with Gasteiger partial charge in [0.05, 0.1) is 12.7 Å². The molecule has 24 heavy (non-hydrogen) atoms. The third kappa shape index (κ3) is 5.13. The van der Waals surface area contributed by atoms with Crippen molar-refractivity contribution in [1.29, 1.82) is 5.26 Å². The molecule has 0 aliphatic rings. The molecular formula is C22H33NO. The fourth-order valence-corrected chi connectivity index (χ4v) is 2.62. The first-order valence-corrected chi connectivity index (χ1v) is 8.91. The van der Waals surface area contributed by atoms with Gasteiger partial charge in [-0.05, 0) is 47.4 Å². The summed E-state index contributed by atoms with van der Waals surface area (Å²) in [5.74, 6) is 1.02. The van der Waals surface area contributed by atoms with Gasteiger partial charge in [-0.15, -0.1) is 0 Å². The summed E-state index contributed by atoms with van der Waals surface area (Å²) >= 11 is 0. The molecule has 2 nitrogen and oxygen atoms in total. The molecule has 0 radical (unpaired) electrons. The van der Waals surface area contributed by atoms with Crippen LogP contribution >= 0.6 is 0 Å². The van der Waals surface area contributed by atoms with Gasteiger partial charge in [0.25, 0.3) is 0 Å². The van der Waals surface area contributed by atoms with Crippen LogP contribution in [0.15, 0.2) is 18.2 Å². The van der Waals surface area contributed by atoms with Gasteiger partial charge in [-0.25, -0.2) is 0 Å². The number of rotatable bonds is 5. The fourth-order valence-electron chi connectivity index (χ4n) is 2.62. The van der Waals surface area contributed by atoms with E-state index >= 15 is 0 Å². The molecular weight excluding hydrogens is 294 g/mol. The van der Waals surface area contributed by atoms with Crippen molar-refractivity contribution in [2.75, 3.05) is 6.61 Å². The molecule has 2 heteroatoms. The molecule has 1 rings (SSSR count). The van der Waals surface area contributed by atoms with Crippen LogP contribution in [-0.2, 0) is 10.8 Å². The second-order valence-electron chi connectivity index (χ2n) is 8.56. The molecule has 0 unspecified atom stereocenters. The van der Waals surface area contributed by atoms with Crippen molar-refractivity contribution in [3.8, 4) is 11.8 Å². The number of allylic oxidation sites excluding steroid dienone is 2. The summed E-state index contributed by atoms with van der Waals surface area (Å²) in [6.07, 6.45) is 3.80. The number of ether oxygens (including phenoxy) is 1. The van der Waals surface area contributed by atoms with Gasteiger partial charge in [-0.2, -0.15) is 5.26 Å². The summed E-state index contributed by atoms with van der Waals surface area (Å²) in [4.78, 5) is 0. The Hall–Kier alpha value is -1.75. The predicted molar refractivity (Wildman–Crippen MR) is 104 cm³/mol. The molecule has 1 aromatic carbocycles. The molecule has 0 aliphatic heterocycles. The van der Waals surface area contributed by atoms with E-state index in [1.54, 1.807) is 6.08 Å². The van der Waals surface area contributed by atoms with Crippen LogP contribution in [-0.4, -0.2) is 6.61 Å². The largest absolute Gasteiger partial charge is 0.493 e. The van der Waals surface area contributed by atoms with Crippen molar-refractivity contribution in [3.05, 3.63) is 34.9 Å². The smallest absolute Gasteiger partial charge is 0.126 e. The summed E-state index contributed by atoms with van der Waals surface area (Å²) < 4.78 is 6.27. The monoisotopic (exact) mass is 327 g/mol. The van der Waals surface area contributed by atoms with Crippen molar-refractivity contribution in [2.24, 2.45) is 0 Å². The molecule has 132 valence electrons. The Kier molecular flexibility index (Phi) is 6.67. The van der Waals surface area contributed by atoms with Crippen LogP contribution in [0.5, 0.6) is 5.75 Å². The molecule has 0 atom stereocenters. The van der Waals surface area contributed by atoms with Gasteiger partial charge in [-0.3, -0.25) is 0 Å². The molecule has 0 amide bonds. The lowest BCUT2D eigenvalue weighted by Gasteiger charge is -2.31. The van der Waals surface area contributed by atoms with Crippen LogP contribution < -0.4 is 4.74 Å². The van der Waals surface area contributed by atoms with E-state index < -0.39 is 0 Å². The molecule has 0 aromatic heterocycles. The molecule has 0 saturated carbocycles. The van der Waals surface area contributed by atoms with Crippen molar-refractivity contribution in [3.63, 3.8) is 0 Å². The third-order valence-corrected chi connectivity index (χ3v) is 4.19. The topological polar surface area (TPSA) is 33.0 Å². The lowest BCUT2D eigenvalue weighted by atomic mass is 9.77. The number of nitriles is 1. The second-order valence-corrected chi connectivity index (χ2v) is 8.56. The Bertz CT molecular complexity index is 598. The quantitative estimate of drug-likeness (QED) is 0.464. The number of nitrogens with zero attached hydrogens (tertiary/aromatic N) is 1. The Morgan fingerprint density at radius 1 is 1.08 bits per heavy atom. The molecule has 0 saturated heterocycles. The van der Waals surface area contributed by atoms with E-state index in [2.05, 4.69) is 66.7 Å². The van der Waals surface area contributed by atoms with Gasteiger partial charge in [-0.1, -0.05) is 54.9 Å². The lowest BCUT2D eigenvalue weighted by Crippen LogP contribution is -2.20. The van der Waals surface area contributed by atoms with E-state index in [0.29, 0.717) is 0 Å². The van der Waals surface area contributed by atoms with Gasteiger partial charge in [0.2, 0.25) is 0 Å². The first-order valence-electron chi connectivity index (χ1n) is 8.91. The van der Waals surface area contributed by atoms with E-state index in [4.69, 9.17) is 10.00 Å². The van der Waals surface area contributed by atoms with Gasteiger partial charge in [0, 0.05) is 17.2 Å². The molecule has 0 heterocycles. The highest BCUT2D eigenvalue weighted by Gasteiger charge is 2.28. The molecule has 1 aromatic rings. The lowest BCUT2D eigenvalue weighted by molar-refractivity contribution is 0.293. The van der Waals surface area contributed by atoms with Crippen LogP contribution in [0.25, 0.3) is 5.57 Å². The van der Waals surface area contributed by atoms with Crippen molar-refractivity contribution in [2.45, 2.75) is 79.1 Å². The zero-order valence-electron chi connectivity index (χ0n) is 16.7. The standard InChI is InChI=1S/C22H33NO/c1-9-10-13-24-20-18(21(3,4)5)14-17(16(2)11-12-23)15-19(20)22(6,7)8/h11,14-15H,9-10,13H2,1-8H3. The normalized spacial score (nSPS) is 12.9. The highest BCUT2D eigenvalue weighted by molar-refractivity contribution is 5.69. The fraction of sp³-hybridized carbons (Fsp3) is 0.591. The number of unbranched alkanes of at least 4 members (excludes halogenated alkanes) is 1. The summed E-state index contributed by atoms with van der Waals surface area (Å²) in [6.45, 7) is 18.2. The maximum absolute atomic E-state index is 9.00.